The molecule has 0 bridgehead atoms. The van der Waals surface area contributed by atoms with Gasteiger partial charge < -0.3 is 0 Å². The van der Waals surface area contributed by atoms with Crippen molar-refractivity contribution in [3.05, 3.63) is 42.0 Å². The molecule has 1 aromatic carbocycles. The number of urea groups is 1. The lowest BCUT2D eigenvalue weighted by Gasteiger charge is -2.29. The number of nitrogens with one attached hydrogen (secondary N) is 1. The van der Waals surface area contributed by atoms with Crippen LogP contribution in [0.4, 0.5) is 4.79 Å². The summed E-state index contributed by atoms with van der Waals surface area (Å²) in [7, 11) is 0. The third-order valence-electron chi connectivity index (χ3n) is 4.55. The maximum Gasteiger partial charge on any atom is 0.362 e. The molecule has 6 nitrogen and oxygen atoms in total. The normalized spacial score (nSPS) is 12.5. The van der Waals surface area contributed by atoms with E-state index in [1.54, 1.807) is 0 Å². The van der Waals surface area contributed by atoms with Crippen LogP contribution in [0.5, 0.6) is 0 Å². The lowest BCUT2D eigenvalue weighted by atomic mass is 9.76. The van der Waals surface area contributed by atoms with Gasteiger partial charge in [0, 0.05) is 6.42 Å². The fourth-order valence-corrected chi connectivity index (χ4v) is 3.19. The maximum atomic E-state index is 12.0. The van der Waals surface area contributed by atoms with Crippen LogP contribution in [0, 0.1) is 17.3 Å². The second-order valence-electron chi connectivity index (χ2n) is 8.21. The number of hydroxylamine groups is 1. The average molecular weight is 412 g/mol. The van der Waals surface area contributed by atoms with E-state index in [1.165, 1.54) is 11.0 Å². The summed E-state index contributed by atoms with van der Waals surface area (Å²) >= 11 is 0. The second-order valence-corrected chi connectivity index (χ2v) is 8.21. The summed E-state index contributed by atoms with van der Waals surface area (Å²) in [6.45, 7) is 8.66. The Morgan fingerprint density at radius 3 is 2.39 bits per heavy atom. The molecule has 0 saturated heterocycles. The molecule has 28 heavy (non-hydrogen) atoms. The summed E-state index contributed by atoms with van der Waals surface area (Å²) in [4.78, 5) is 23.2. The molecule has 0 heterocycles. The number of carbonyl (C=O) groups excluding carboxylic acids is 2. The van der Waals surface area contributed by atoms with Gasteiger partial charge in [0.2, 0.25) is 5.91 Å². The van der Waals surface area contributed by atoms with Gasteiger partial charge in [0.25, 0.3) is 0 Å². The maximum absolute atomic E-state index is 12.0. The Bertz CT molecular complexity index is 633. The first kappa shape index (κ1) is 26.1. The number of allylic oxidation sites excluding steroid dienone is 1. The van der Waals surface area contributed by atoms with Crippen LogP contribution >= 0.6 is 12.4 Å². The van der Waals surface area contributed by atoms with E-state index in [-0.39, 0.29) is 24.2 Å². The van der Waals surface area contributed by atoms with Gasteiger partial charge in [-0.05, 0) is 42.1 Å². The zero-order valence-corrected chi connectivity index (χ0v) is 18.0. The summed E-state index contributed by atoms with van der Waals surface area (Å²) < 4.78 is 0. The third-order valence-corrected chi connectivity index (χ3v) is 4.55. The van der Waals surface area contributed by atoms with Gasteiger partial charge in [0.1, 0.15) is 0 Å². The van der Waals surface area contributed by atoms with Gasteiger partial charge in [-0.15, -0.1) is 12.4 Å². The van der Waals surface area contributed by atoms with E-state index < -0.39 is 11.9 Å². The van der Waals surface area contributed by atoms with Crippen molar-refractivity contribution < 1.29 is 14.8 Å². The first-order valence-electron chi connectivity index (χ1n) is 9.39. The minimum absolute atomic E-state index is 0. The number of hydrazine groups is 1. The Morgan fingerprint density at radius 1 is 1.25 bits per heavy atom. The van der Waals surface area contributed by atoms with Gasteiger partial charge in [-0.2, -0.15) is 5.01 Å². The summed E-state index contributed by atoms with van der Waals surface area (Å²) in [5.74, 6) is 5.83. The molecule has 1 rings (SSSR count). The van der Waals surface area contributed by atoms with E-state index in [9.17, 15) is 9.59 Å². The highest BCUT2D eigenvalue weighted by atomic mass is 35.5. The van der Waals surface area contributed by atoms with Crippen LogP contribution in [0.3, 0.4) is 0 Å². The van der Waals surface area contributed by atoms with Crippen molar-refractivity contribution in [2.45, 2.75) is 53.4 Å². The Labute approximate surface area is 174 Å². The number of hydrogen-bond donors (Lipinski definition) is 3. The van der Waals surface area contributed by atoms with E-state index in [1.807, 2.05) is 18.2 Å². The van der Waals surface area contributed by atoms with E-state index in [0.29, 0.717) is 23.3 Å². The Hall–Kier alpha value is -1.89. The number of carbonyl (C=O) groups is 2. The largest absolute Gasteiger partial charge is 0.362 e. The molecule has 1 atom stereocenters. The highest BCUT2D eigenvalue weighted by Crippen LogP contribution is 2.34. The molecular weight excluding hydrogens is 378 g/mol. The van der Waals surface area contributed by atoms with Crippen molar-refractivity contribution in [3.8, 4) is 0 Å². The van der Waals surface area contributed by atoms with E-state index in [0.717, 1.165) is 12.8 Å². The molecular formula is C21H34ClN3O3. The van der Waals surface area contributed by atoms with Crippen LogP contribution in [0.2, 0.25) is 0 Å². The monoisotopic (exact) mass is 411 g/mol. The van der Waals surface area contributed by atoms with Crippen molar-refractivity contribution in [2.75, 3.05) is 0 Å². The van der Waals surface area contributed by atoms with Crippen LogP contribution < -0.4 is 11.3 Å². The van der Waals surface area contributed by atoms with Crippen molar-refractivity contribution >= 4 is 30.4 Å². The van der Waals surface area contributed by atoms with Crippen LogP contribution in [-0.2, 0) is 4.79 Å². The summed E-state index contributed by atoms with van der Waals surface area (Å²) in [5.41, 5.74) is 2.44. The molecule has 158 valence electrons. The van der Waals surface area contributed by atoms with Gasteiger partial charge >= 0.3 is 6.03 Å². The molecule has 0 aromatic heterocycles. The minimum atomic E-state index is -1.03. The number of amides is 3. The first-order valence-corrected chi connectivity index (χ1v) is 9.39. The first-order chi connectivity index (χ1) is 12.6. The minimum Gasteiger partial charge on any atom is -0.287 e. The SMILES string of the molecule is CC(C)C[C@H](C=Cc1ccccc1)CC(C)(C)CCC(=O)N(N)C(=O)NO.Cl. The summed E-state index contributed by atoms with van der Waals surface area (Å²) in [5, 5.41) is 8.97. The quantitative estimate of drug-likeness (QED) is 0.236. The number of halogens is 1. The number of rotatable bonds is 9. The Balaban J connectivity index is 0.00000729. The smallest absolute Gasteiger partial charge is 0.287 e. The molecule has 0 aliphatic carbocycles. The lowest BCUT2D eigenvalue weighted by molar-refractivity contribution is -0.129. The van der Waals surface area contributed by atoms with Crippen LogP contribution in [-0.4, -0.2) is 22.2 Å². The molecule has 7 heteroatoms. The van der Waals surface area contributed by atoms with Crippen LogP contribution in [0.1, 0.15) is 58.9 Å². The van der Waals surface area contributed by atoms with Crippen LogP contribution in [0.25, 0.3) is 6.08 Å². The third kappa shape index (κ3) is 9.88. The Morgan fingerprint density at radius 2 is 1.86 bits per heavy atom. The van der Waals surface area contributed by atoms with E-state index >= 15 is 0 Å². The standard InChI is InChI=1S/C21H33N3O3.ClH/c1-16(2)14-18(11-10-17-8-6-5-7-9-17)15-21(3,4)13-12-19(25)24(22)20(26)23-27;/h5-11,16,18,27H,12-15,22H2,1-4H3,(H,23,26);1H/t18-;/m0./s1. The topological polar surface area (TPSA) is 95.7 Å². The van der Waals surface area contributed by atoms with Crippen molar-refractivity contribution in [3.63, 3.8) is 0 Å². The predicted molar refractivity (Wildman–Crippen MR) is 115 cm³/mol. The number of nitrogens with zero attached hydrogens (tertiary/aromatic N) is 1. The molecule has 0 aliphatic rings. The van der Waals surface area contributed by atoms with Gasteiger partial charge in [-0.3, -0.25) is 10.0 Å². The highest BCUT2D eigenvalue weighted by molar-refractivity contribution is 5.93. The molecule has 0 unspecified atom stereocenters. The number of benzene rings is 1. The van der Waals surface area contributed by atoms with E-state index in [4.69, 9.17) is 11.0 Å². The molecule has 1 aromatic rings. The van der Waals surface area contributed by atoms with Gasteiger partial charge in [-0.1, -0.05) is 70.2 Å². The zero-order valence-electron chi connectivity index (χ0n) is 17.2. The number of imide groups is 1. The van der Waals surface area contributed by atoms with Crippen molar-refractivity contribution in [2.24, 2.45) is 23.1 Å². The molecule has 0 saturated carbocycles. The zero-order chi connectivity index (χ0) is 20.4. The summed E-state index contributed by atoms with van der Waals surface area (Å²) in [6.07, 6.45) is 7.16. The summed E-state index contributed by atoms with van der Waals surface area (Å²) in [6, 6.07) is 9.17. The lowest BCUT2D eigenvalue weighted by Crippen LogP contribution is -2.47. The van der Waals surface area contributed by atoms with Gasteiger partial charge in [-0.25, -0.2) is 16.1 Å². The fourth-order valence-electron chi connectivity index (χ4n) is 3.19. The molecule has 0 aliphatic heterocycles. The molecule has 0 radical (unpaired) electrons. The Kier molecular flexibility index (Phi) is 11.7. The van der Waals surface area contributed by atoms with Gasteiger partial charge in [0.15, 0.2) is 0 Å². The second kappa shape index (κ2) is 12.5. The van der Waals surface area contributed by atoms with Crippen molar-refractivity contribution in [1.29, 1.82) is 0 Å². The number of nitrogens with two attached hydrogens (primary N) is 1. The average Bonchev–Trinajstić information content (AvgIpc) is 2.63. The van der Waals surface area contributed by atoms with Crippen molar-refractivity contribution in [1.82, 2.24) is 10.5 Å². The molecule has 4 N–H and O–H groups in total. The fraction of sp³-hybridized carbons (Fsp3) is 0.524. The predicted octanol–water partition coefficient (Wildman–Crippen LogP) is 4.78. The molecule has 0 spiro atoms. The number of hydrogen-bond acceptors (Lipinski definition) is 4. The molecule has 3 amide bonds. The highest BCUT2D eigenvalue weighted by Gasteiger charge is 2.26. The van der Waals surface area contributed by atoms with Gasteiger partial charge in [0.05, 0.1) is 0 Å². The van der Waals surface area contributed by atoms with Crippen LogP contribution in [0.15, 0.2) is 36.4 Å². The van der Waals surface area contributed by atoms with E-state index in [2.05, 4.69) is 52.0 Å². The molecule has 0 fully saturated rings.